The molecule has 2 aromatic rings. The molecule has 1 aromatic heterocycles. The Morgan fingerprint density at radius 1 is 1.37 bits per heavy atom. The molecule has 7 nitrogen and oxygen atoms in total. The largest absolute Gasteiger partial charge is 0.478 e. The zero-order valence-electron chi connectivity index (χ0n) is 9.90. The van der Waals surface area contributed by atoms with Crippen LogP contribution in [0.25, 0.3) is 11.5 Å². The van der Waals surface area contributed by atoms with Gasteiger partial charge >= 0.3 is 5.97 Å². The maximum Gasteiger partial charge on any atom is 0.335 e. The average Bonchev–Trinajstić information content (AvgIpc) is 2.75. The van der Waals surface area contributed by atoms with Gasteiger partial charge < -0.3 is 9.52 Å². The minimum atomic E-state index is -3.26. The molecule has 0 amide bonds. The van der Waals surface area contributed by atoms with E-state index in [1.54, 1.807) is 12.1 Å². The van der Waals surface area contributed by atoms with Crippen molar-refractivity contribution in [1.82, 2.24) is 10.2 Å². The topological polar surface area (TPSA) is 110 Å². The summed E-state index contributed by atoms with van der Waals surface area (Å²) in [4.78, 5) is 10.8. The van der Waals surface area contributed by atoms with Crippen LogP contribution in [0.1, 0.15) is 16.2 Å². The molecule has 1 heterocycles. The van der Waals surface area contributed by atoms with Crippen molar-refractivity contribution in [3.63, 3.8) is 0 Å². The van der Waals surface area contributed by atoms with Gasteiger partial charge in [-0.15, -0.1) is 10.2 Å². The number of hydrogen-bond acceptors (Lipinski definition) is 6. The molecular weight excluding hydrogens is 272 g/mol. The Bertz CT molecular complexity index is 720. The average molecular weight is 282 g/mol. The number of carboxylic acids is 1. The number of sulfone groups is 1. The molecule has 2 rings (SSSR count). The Morgan fingerprint density at radius 2 is 2.11 bits per heavy atom. The van der Waals surface area contributed by atoms with E-state index in [0.717, 1.165) is 6.26 Å². The van der Waals surface area contributed by atoms with E-state index in [2.05, 4.69) is 10.2 Å². The second kappa shape index (κ2) is 4.81. The molecular formula is C11H10N2O5S. The fraction of sp³-hybridized carbons (Fsp3) is 0.182. The van der Waals surface area contributed by atoms with Gasteiger partial charge in [-0.25, -0.2) is 13.2 Å². The van der Waals surface area contributed by atoms with Gasteiger partial charge in [-0.05, 0) is 18.2 Å². The monoisotopic (exact) mass is 282 g/mol. The van der Waals surface area contributed by atoms with Gasteiger partial charge in [0.15, 0.2) is 9.84 Å². The van der Waals surface area contributed by atoms with E-state index in [1.165, 1.54) is 12.1 Å². The number of carboxylic acid groups (broad SMARTS) is 1. The maximum absolute atomic E-state index is 11.1. The predicted octanol–water partition coefficient (Wildman–Crippen LogP) is 0.979. The standard InChI is InChI=1S/C11H10N2O5S/c1-19(16,17)6-9-12-13-10(18-9)7-3-2-4-8(5-7)11(14)15/h2-5H,6H2,1H3,(H,14,15). The third kappa shape index (κ3) is 3.38. The lowest BCUT2D eigenvalue weighted by Crippen LogP contribution is -2.00. The van der Waals surface area contributed by atoms with E-state index in [9.17, 15) is 13.2 Å². The van der Waals surface area contributed by atoms with E-state index < -0.39 is 15.8 Å². The quantitative estimate of drug-likeness (QED) is 0.889. The fourth-order valence-electron chi connectivity index (χ4n) is 1.44. The molecule has 0 saturated heterocycles. The zero-order chi connectivity index (χ0) is 14.0. The molecule has 1 aromatic carbocycles. The Hall–Kier alpha value is -2.22. The van der Waals surface area contributed by atoms with Crippen LogP contribution < -0.4 is 0 Å². The number of benzene rings is 1. The van der Waals surface area contributed by atoms with Crippen molar-refractivity contribution in [2.45, 2.75) is 5.75 Å². The van der Waals surface area contributed by atoms with Gasteiger partial charge in [-0.1, -0.05) is 6.07 Å². The highest BCUT2D eigenvalue weighted by Gasteiger charge is 2.14. The van der Waals surface area contributed by atoms with Crippen LogP contribution in [-0.2, 0) is 15.6 Å². The molecule has 0 aliphatic heterocycles. The maximum atomic E-state index is 11.1. The Kier molecular flexibility index (Phi) is 3.34. The summed E-state index contributed by atoms with van der Waals surface area (Å²) in [5, 5.41) is 16.2. The van der Waals surface area contributed by atoms with E-state index in [4.69, 9.17) is 9.52 Å². The van der Waals surface area contributed by atoms with Crippen LogP contribution in [0.15, 0.2) is 28.7 Å². The van der Waals surface area contributed by atoms with Gasteiger partial charge in [0.1, 0.15) is 5.75 Å². The Balaban J connectivity index is 2.33. The SMILES string of the molecule is CS(=O)(=O)Cc1nnc(-c2cccc(C(=O)O)c2)o1. The molecule has 0 bridgehead atoms. The first-order valence-electron chi connectivity index (χ1n) is 5.19. The number of aromatic carboxylic acids is 1. The number of hydrogen-bond donors (Lipinski definition) is 1. The normalized spacial score (nSPS) is 11.4. The molecule has 0 aliphatic rings. The van der Waals surface area contributed by atoms with E-state index in [-0.39, 0.29) is 23.1 Å². The van der Waals surface area contributed by atoms with Crippen LogP contribution in [0.5, 0.6) is 0 Å². The van der Waals surface area contributed by atoms with Gasteiger partial charge in [0.25, 0.3) is 0 Å². The number of nitrogens with zero attached hydrogens (tertiary/aromatic N) is 2. The first kappa shape index (κ1) is 13.2. The summed E-state index contributed by atoms with van der Waals surface area (Å²) in [5.74, 6) is -1.36. The number of aromatic nitrogens is 2. The molecule has 0 aliphatic carbocycles. The van der Waals surface area contributed by atoms with Crippen molar-refractivity contribution >= 4 is 15.8 Å². The summed E-state index contributed by atoms with van der Waals surface area (Å²) >= 11 is 0. The first-order valence-corrected chi connectivity index (χ1v) is 7.25. The molecule has 1 N–H and O–H groups in total. The van der Waals surface area contributed by atoms with Crippen molar-refractivity contribution in [1.29, 1.82) is 0 Å². The van der Waals surface area contributed by atoms with Gasteiger partial charge in [0.2, 0.25) is 11.8 Å². The fourth-order valence-corrected chi connectivity index (χ4v) is 2.00. The lowest BCUT2D eigenvalue weighted by atomic mass is 10.1. The molecule has 0 fully saturated rings. The molecule has 19 heavy (non-hydrogen) atoms. The van der Waals surface area contributed by atoms with Crippen molar-refractivity contribution < 1.29 is 22.7 Å². The molecule has 0 radical (unpaired) electrons. The van der Waals surface area contributed by atoms with Crippen LogP contribution in [0.4, 0.5) is 0 Å². The Morgan fingerprint density at radius 3 is 2.74 bits per heavy atom. The van der Waals surface area contributed by atoms with E-state index >= 15 is 0 Å². The Labute approximate surface area is 108 Å². The molecule has 0 saturated carbocycles. The molecule has 100 valence electrons. The van der Waals surface area contributed by atoms with Crippen molar-refractivity contribution in [3.05, 3.63) is 35.7 Å². The van der Waals surface area contributed by atoms with Gasteiger partial charge in [-0.3, -0.25) is 0 Å². The van der Waals surface area contributed by atoms with Crippen LogP contribution in [0.2, 0.25) is 0 Å². The summed E-state index contributed by atoms with van der Waals surface area (Å²) in [7, 11) is -3.26. The highest BCUT2D eigenvalue weighted by molar-refractivity contribution is 7.89. The lowest BCUT2D eigenvalue weighted by molar-refractivity contribution is 0.0697. The van der Waals surface area contributed by atoms with Crippen LogP contribution in [0, 0.1) is 0 Å². The summed E-state index contributed by atoms with van der Waals surface area (Å²) in [6, 6.07) is 5.95. The van der Waals surface area contributed by atoms with Gasteiger partial charge in [0.05, 0.1) is 5.56 Å². The van der Waals surface area contributed by atoms with E-state index in [0.29, 0.717) is 5.56 Å². The highest BCUT2D eigenvalue weighted by Crippen LogP contribution is 2.19. The van der Waals surface area contributed by atoms with Gasteiger partial charge in [-0.2, -0.15) is 0 Å². The number of rotatable bonds is 4. The van der Waals surface area contributed by atoms with Crippen LogP contribution >= 0.6 is 0 Å². The highest BCUT2D eigenvalue weighted by atomic mass is 32.2. The first-order chi connectivity index (χ1) is 8.85. The summed E-state index contributed by atoms with van der Waals surface area (Å²) in [6.07, 6.45) is 1.06. The van der Waals surface area contributed by atoms with Crippen molar-refractivity contribution in [3.8, 4) is 11.5 Å². The molecule has 0 spiro atoms. The molecule has 0 unspecified atom stereocenters. The number of carbonyl (C=O) groups is 1. The third-order valence-corrected chi connectivity index (χ3v) is 2.98. The summed E-state index contributed by atoms with van der Waals surface area (Å²) < 4.78 is 27.4. The second-order valence-corrected chi connectivity index (χ2v) is 6.10. The second-order valence-electron chi connectivity index (χ2n) is 3.96. The van der Waals surface area contributed by atoms with E-state index in [1.807, 2.05) is 0 Å². The predicted molar refractivity (Wildman–Crippen MR) is 65.2 cm³/mol. The van der Waals surface area contributed by atoms with Crippen molar-refractivity contribution in [2.75, 3.05) is 6.26 Å². The van der Waals surface area contributed by atoms with Crippen molar-refractivity contribution in [2.24, 2.45) is 0 Å². The smallest absolute Gasteiger partial charge is 0.335 e. The minimum absolute atomic E-state index is 0.0294. The third-order valence-electron chi connectivity index (χ3n) is 2.21. The summed E-state index contributed by atoms with van der Waals surface area (Å²) in [5.41, 5.74) is 0.507. The summed E-state index contributed by atoms with van der Waals surface area (Å²) in [6.45, 7) is 0. The lowest BCUT2D eigenvalue weighted by Gasteiger charge is -1.97. The van der Waals surface area contributed by atoms with Crippen LogP contribution in [0.3, 0.4) is 0 Å². The molecule has 8 heteroatoms. The van der Waals surface area contributed by atoms with Crippen LogP contribution in [-0.4, -0.2) is 35.9 Å². The zero-order valence-corrected chi connectivity index (χ0v) is 10.7. The van der Waals surface area contributed by atoms with Gasteiger partial charge in [0, 0.05) is 11.8 Å². The minimum Gasteiger partial charge on any atom is -0.478 e. The molecule has 0 atom stereocenters.